The number of nitrogens with two attached hydrogens (primary N) is 1. The fourth-order valence-corrected chi connectivity index (χ4v) is 2.34. The Morgan fingerprint density at radius 1 is 1.33 bits per heavy atom. The average Bonchev–Trinajstić information content (AvgIpc) is 2.86. The molecule has 4 heteroatoms. The molecule has 0 amide bonds. The number of benzene rings is 1. The Bertz CT molecular complexity index is 843. The second-order valence-corrected chi connectivity index (χ2v) is 4.83. The number of fused-ring (bicyclic) bond motifs is 1. The fourth-order valence-electron chi connectivity index (χ4n) is 2.34. The van der Waals surface area contributed by atoms with E-state index >= 15 is 0 Å². The van der Waals surface area contributed by atoms with Gasteiger partial charge >= 0.3 is 0 Å². The van der Waals surface area contributed by atoms with E-state index in [4.69, 9.17) is 5.73 Å². The second-order valence-electron chi connectivity index (χ2n) is 4.83. The fraction of sp³-hybridized carbons (Fsp3) is 0.0588. The largest absolute Gasteiger partial charge is 0.398 e. The van der Waals surface area contributed by atoms with Crippen LogP contribution in [0.2, 0.25) is 0 Å². The lowest BCUT2D eigenvalue weighted by atomic mass is 10.1. The number of nitrogen functional groups attached to an aromatic ring is 1. The summed E-state index contributed by atoms with van der Waals surface area (Å²) in [5.41, 5.74) is 8.91. The molecule has 1 aromatic carbocycles. The highest BCUT2D eigenvalue weighted by molar-refractivity contribution is 5.93. The first kappa shape index (κ1) is 13.1. The standard InChI is InChI=1S/C17H16N4/c1-3-19-11-16-12(2)7-8-21(16)17-9-14-13(10-20-17)5-4-6-15(14)18/h3-11H,1,18H2,2H3. The number of aryl methyl sites for hydroxylation is 1. The minimum absolute atomic E-state index is 0.751. The zero-order valence-corrected chi connectivity index (χ0v) is 11.8. The normalized spacial score (nSPS) is 11.3. The van der Waals surface area contributed by atoms with Crippen LogP contribution in [0.25, 0.3) is 16.6 Å². The smallest absolute Gasteiger partial charge is 0.137 e. The van der Waals surface area contributed by atoms with Gasteiger partial charge in [-0.25, -0.2) is 4.98 Å². The zero-order chi connectivity index (χ0) is 14.8. The van der Waals surface area contributed by atoms with E-state index in [1.165, 1.54) is 6.20 Å². The van der Waals surface area contributed by atoms with Crippen LogP contribution in [0.4, 0.5) is 5.69 Å². The summed E-state index contributed by atoms with van der Waals surface area (Å²) in [6, 6.07) is 9.86. The molecule has 2 N–H and O–H groups in total. The van der Waals surface area contributed by atoms with Crippen molar-refractivity contribution in [3.8, 4) is 5.82 Å². The van der Waals surface area contributed by atoms with Crippen molar-refractivity contribution in [2.45, 2.75) is 6.92 Å². The Morgan fingerprint density at radius 2 is 2.19 bits per heavy atom. The molecule has 0 bridgehead atoms. The quantitative estimate of drug-likeness (QED) is 0.588. The van der Waals surface area contributed by atoms with Gasteiger partial charge in [0, 0.05) is 35.1 Å². The van der Waals surface area contributed by atoms with Crippen LogP contribution in [0.1, 0.15) is 11.3 Å². The highest BCUT2D eigenvalue weighted by atomic mass is 15.1. The maximum absolute atomic E-state index is 6.05. The Kier molecular flexibility index (Phi) is 3.28. The molecule has 0 spiro atoms. The van der Waals surface area contributed by atoms with E-state index in [1.54, 1.807) is 6.21 Å². The van der Waals surface area contributed by atoms with Crippen molar-refractivity contribution in [1.82, 2.24) is 9.55 Å². The van der Waals surface area contributed by atoms with Gasteiger partial charge in [-0.15, -0.1) is 0 Å². The third kappa shape index (κ3) is 2.31. The number of rotatable bonds is 3. The van der Waals surface area contributed by atoms with E-state index in [-0.39, 0.29) is 0 Å². The van der Waals surface area contributed by atoms with Crippen molar-refractivity contribution in [1.29, 1.82) is 0 Å². The summed E-state index contributed by atoms with van der Waals surface area (Å²) >= 11 is 0. The van der Waals surface area contributed by atoms with Gasteiger partial charge in [-0.1, -0.05) is 18.7 Å². The lowest BCUT2D eigenvalue weighted by molar-refractivity contribution is 1.00. The molecule has 0 saturated heterocycles. The molecule has 0 fully saturated rings. The lowest BCUT2D eigenvalue weighted by Crippen LogP contribution is -2.02. The SMILES string of the molecule is C=CN=Cc1c(C)ccn1-c1cc2c(N)cccc2cn1. The molecular weight excluding hydrogens is 260 g/mol. The van der Waals surface area contributed by atoms with E-state index in [0.717, 1.165) is 33.5 Å². The van der Waals surface area contributed by atoms with E-state index < -0.39 is 0 Å². The Labute approximate surface area is 123 Å². The van der Waals surface area contributed by atoms with Crippen LogP contribution < -0.4 is 5.73 Å². The Balaban J connectivity index is 2.19. The molecule has 2 heterocycles. The summed E-state index contributed by atoms with van der Waals surface area (Å²) in [6.45, 7) is 5.64. The molecule has 104 valence electrons. The first-order chi connectivity index (χ1) is 10.2. The average molecular weight is 276 g/mol. The molecule has 3 aromatic rings. The van der Waals surface area contributed by atoms with Crippen LogP contribution in [-0.2, 0) is 0 Å². The summed E-state index contributed by atoms with van der Waals surface area (Å²) < 4.78 is 1.99. The van der Waals surface area contributed by atoms with E-state index in [0.29, 0.717) is 0 Å². The van der Waals surface area contributed by atoms with Crippen LogP contribution >= 0.6 is 0 Å². The van der Waals surface area contributed by atoms with Crippen molar-refractivity contribution in [3.63, 3.8) is 0 Å². The van der Waals surface area contributed by atoms with Gasteiger partial charge in [-0.3, -0.25) is 9.56 Å². The highest BCUT2D eigenvalue weighted by Gasteiger charge is 2.08. The number of aliphatic imine (C=N–C) groups is 1. The van der Waals surface area contributed by atoms with Crippen LogP contribution in [-0.4, -0.2) is 15.8 Å². The van der Waals surface area contributed by atoms with Gasteiger partial charge in [0.2, 0.25) is 0 Å². The molecule has 21 heavy (non-hydrogen) atoms. The zero-order valence-electron chi connectivity index (χ0n) is 11.8. The number of pyridine rings is 1. The molecule has 2 aromatic heterocycles. The minimum atomic E-state index is 0.751. The Hall–Kier alpha value is -2.88. The van der Waals surface area contributed by atoms with Crippen molar-refractivity contribution < 1.29 is 0 Å². The van der Waals surface area contributed by atoms with Gasteiger partial charge in [-0.05, 0) is 30.7 Å². The number of anilines is 1. The molecular formula is C17H16N4. The molecule has 0 aliphatic heterocycles. The molecule has 0 atom stereocenters. The summed E-state index contributed by atoms with van der Waals surface area (Å²) in [4.78, 5) is 8.63. The van der Waals surface area contributed by atoms with Gasteiger partial charge in [0.1, 0.15) is 5.82 Å². The topological polar surface area (TPSA) is 56.2 Å². The molecule has 0 aliphatic carbocycles. The summed E-state index contributed by atoms with van der Waals surface area (Å²) in [7, 11) is 0. The maximum atomic E-state index is 6.05. The minimum Gasteiger partial charge on any atom is -0.398 e. The monoisotopic (exact) mass is 276 g/mol. The molecule has 4 nitrogen and oxygen atoms in total. The van der Waals surface area contributed by atoms with Gasteiger partial charge in [-0.2, -0.15) is 0 Å². The van der Waals surface area contributed by atoms with Crippen molar-refractivity contribution >= 4 is 22.7 Å². The predicted octanol–water partition coefficient (Wildman–Crippen LogP) is 3.48. The second kappa shape index (κ2) is 5.25. The molecule has 3 rings (SSSR count). The van der Waals surface area contributed by atoms with E-state index in [2.05, 4.69) is 16.6 Å². The predicted molar refractivity (Wildman–Crippen MR) is 88.0 cm³/mol. The van der Waals surface area contributed by atoms with Crippen molar-refractivity contribution in [2.75, 3.05) is 5.73 Å². The van der Waals surface area contributed by atoms with Crippen LogP contribution in [0, 0.1) is 6.92 Å². The van der Waals surface area contributed by atoms with Crippen LogP contribution in [0.5, 0.6) is 0 Å². The number of hydrogen-bond acceptors (Lipinski definition) is 3. The molecule has 0 unspecified atom stereocenters. The number of hydrogen-bond donors (Lipinski definition) is 1. The van der Waals surface area contributed by atoms with Gasteiger partial charge in [0.05, 0.1) is 11.9 Å². The molecule has 0 saturated carbocycles. The van der Waals surface area contributed by atoms with Gasteiger partial charge in [0.15, 0.2) is 0 Å². The summed E-state index contributed by atoms with van der Waals surface area (Å²) in [6.07, 6.45) is 7.11. The van der Waals surface area contributed by atoms with Crippen LogP contribution in [0.15, 0.2) is 60.5 Å². The number of nitrogens with zero attached hydrogens (tertiary/aromatic N) is 3. The molecule has 0 aliphatic rings. The summed E-state index contributed by atoms with van der Waals surface area (Å²) in [5, 5.41) is 2.03. The van der Waals surface area contributed by atoms with Gasteiger partial charge < -0.3 is 5.73 Å². The highest BCUT2D eigenvalue weighted by Crippen LogP contribution is 2.23. The van der Waals surface area contributed by atoms with Crippen LogP contribution in [0.3, 0.4) is 0 Å². The number of aromatic nitrogens is 2. The third-order valence-corrected chi connectivity index (χ3v) is 3.47. The lowest BCUT2D eigenvalue weighted by Gasteiger charge is -2.08. The molecule has 0 radical (unpaired) electrons. The first-order valence-electron chi connectivity index (χ1n) is 6.67. The third-order valence-electron chi connectivity index (χ3n) is 3.47. The maximum Gasteiger partial charge on any atom is 0.137 e. The van der Waals surface area contributed by atoms with Crippen molar-refractivity contribution in [3.05, 3.63) is 66.8 Å². The van der Waals surface area contributed by atoms with Gasteiger partial charge in [0.25, 0.3) is 0 Å². The van der Waals surface area contributed by atoms with Crippen molar-refractivity contribution in [2.24, 2.45) is 4.99 Å². The first-order valence-corrected chi connectivity index (χ1v) is 6.67. The van der Waals surface area contributed by atoms with E-state index in [9.17, 15) is 0 Å². The van der Waals surface area contributed by atoms with E-state index in [1.807, 2.05) is 54.2 Å². The Morgan fingerprint density at radius 3 is 3.00 bits per heavy atom. The summed E-state index contributed by atoms with van der Waals surface area (Å²) in [5.74, 6) is 0.819.